The molecule has 1 aromatic rings. The van der Waals surface area contributed by atoms with Gasteiger partial charge in [0.1, 0.15) is 5.40 Å². The summed E-state index contributed by atoms with van der Waals surface area (Å²) in [5.41, 5.74) is 0.879. The maximum absolute atomic E-state index is 9.88. The average Bonchev–Trinajstić information content (AvgIpc) is 2.29. The van der Waals surface area contributed by atoms with E-state index in [4.69, 9.17) is 10.00 Å². The van der Waals surface area contributed by atoms with Crippen molar-refractivity contribution in [3.63, 3.8) is 0 Å². The molecular weight excluding hydrogens is 222 g/mol. The van der Waals surface area contributed by atoms with Crippen LogP contribution < -0.4 is 4.74 Å². The Morgan fingerprint density at radius 2 is 2.31 bits per heavy atom. The zero-order valence-electron chi connectivity index (χ0n) is 9.27. The van der Waals surface area contributed by atoms with E-state index in [1.54, 1.807) is 6.07 Å². The maximum Gasteiger partial charge on any atom is 0.161 e. The van der Waals surface area contributed by atoms with Crippen LogP contribution in [-0.2, 0) is 6.42 Å². The second-order valence-electron chi connectivity index (χ2n) is 3.24. The van der Waals surface area contributed by atoms with Crippen molar-refractivity contribution in [2.24, 2.45) is 0 Å². The lowest BCUT2D eigenvalue weighted by atomic mass is 10.1. The van der Waals surface area contributed by atoms with Gasteiger partial charge in [-0.2, -0.15) is 5.26 Å². The number of nitrogens with zero attached hydrogens (tertiary/aromatic N) is 1. The van der Waals surface area contributed by atoms with Gasteiger partial charge in [-0.3, -0.25) is 0 Å². The van der Waals surface area contributed by atoms with Crippen molar-refractivity contribution in [3.05, 3.63) is 23.8 Å². The third-order valence-corrected chi connectivity index (χ3v) is 2.76. The summed E-state index contributed by atoms with van der Waals surface area (Å²) < 4.78 is 5.30. The van der Waals surface area contributed by atoms with E-state index < -0.39 is 0 Å². The molecule has 86 valence electrons. The molecular formula is C12H15NO2S. The summed E-state index contributed by atoms with van der Waals surface area (Å²) >= 11 is 1.24. The van der Waals surface area contributed by atoms with E-state index in [2.05, 4.69) is 0 Å². The van der Waals surface area contributed by atoms with E-state index in [9.17, 15) is 5.11 Å². The van der Waals surface area contributed by atoms with Crippen LogP contribution in [0.4, 0.5) is 0 Å². The normalized spacial score (nSPS) is 9.75. The quantitative estimate of drug-likeness (QED) is 0.610. The van der Waals surface area contributed by atoms with Crippen molar-refractivity contribution >= 4 is 11.8 Å². The third kappa shape index (κ3) is 3.67. The molecule has 4 heteroatoms. The Balaban J connectivity index is 2.59. The summed E-state index contributed by atoms with van der Waals surface area (Å²) in [5.74, 6) is 1.55. The van der Waals surface area contributed by atoms with Gasteiger partial charge in [0.25, 0.3) is 0 Å². The molecule has 1 N–H and O–H groups in total. The van der Waals surface area contributed by atoms with Crippen LogP contribution in [0.2, 0.25) is 0 Å². The minimum absolute atomic E-state index is 0.228. The number of hydrogen-bond acceptors (Lipinski definition) is 4. The Morgan fingerprint density at radius 3 is 3.00 bits per heavy atom. The van der Waals surface area contributed by atoms with Crippen LogP contribution in [-0.4, -0.2) is 17.5 Å². The van der Waals surface area contributed by atoms with Crippen molar-refractivity contribution in [1.82, 2.24) is 0 Å². The standard InChI is InChI=1S/C12H15NO2S/c1-2-15-11-7-3-5-10(12(11)14)6-4-8-16-9-13/h3,5,7,14H,2,4,6,8H2,1H3. The summed E-state index contributed by atoms with van der Waals surface area (Å²) in [6.45, 7) is 2.43. The number of rotatable bonds is 6. The van der Waals surface area contributed by atoms with E-state index in [0.717, 1.165) is 24.2 Å². The predicted octanol–water partition coefficient (Wildman–Crippen LogP) is 2.94. The number of aromatic hydroxyl groups is 1. The lowest BCUT2D eigenvalue weighted by molar-refractivity contribution is 0.316. The molecule has 0 radical (unpaired) electrons. The first-order chi connectivity index (χ1) is 7.79. The van der Waals surface area contributed by atoms with Gasteiger partial charge >= 0.3 is 0 Å². The van der Waals surface area contributed by atoms with Crippen LogP contribution in [0.25, 0.3) is 0 Å². The summed E-state index contributed by atoms with van der Waals surface area (Å²) in [4.78, 5) is 0. The number of aryl methyl sites for hydroxylation is 1. The first kappa shape index (κ1) is 12.7. The van der Waals surface area contributed by atoms with Crippen LogP contribution >= 0.6 is 11.8 Å². The summed E-state index contributed by atoms with van der Waals surface area (Å²) in [7, 11) is 0. The van der Waals surface area contributed by atoms with Gasteiger partial charge < -0.3 is 9.84 Å². The number of para-hydroxylation sites is 1. The third-order valence-electron chi connectivity index (χ3n) is 2.14. The molecule has 0 unspecified atom stereocenters. The minimum atomic E-state index is 0.228. The van der Waals surface area contributed by atoms with E-state index >= 15 is 0 Å². The lowest BCUT2D eigenvalue weighted by Gasteiger charge is -2.09. The van der Waals surface area contributed by atoms with Crippen LogP contribution in [0, 0.1) is 10.7 Å². The molecule has 0 aromatic heterocycles. The molecule has 0 aliphatic rings. The van der Waals surface area contributed by atoms with Crippen LogP contribution in [0.15, 0.2) is 18.2 Å². The van der Waals surface area contributed by atoms with Gasteiger partial charge in [0, 0.05) is 5.75 Å². The van der Waals surface area contributed by atoms with Crippen molar-refractivity contribution in [3.8, 4) is 16.9 Å². The van der Waals surface area contributed by atoms with E-state index in [-0.39, 0.29) is 5.75 Å². The van der Waals surface area contributed by atoms with Crippen molar-refractivity contribution in [2.75, 3.05) is 12.4 Å². The number of nitriles is 1. The zero-order valence-corrected chi connectivity index (χ0v) is 10.1. The second-order valence-corrected chi connectivity index (χ2v) is 4.12. The Labute approximate surface area is 100 Å². The molecule has 0 aliphatic heterocycles. The highest BCUT2D eigenvalue weighted by Gasteiger charge is 2.07. The molecule has 1 aromatic carbocycles. The number of hydrogen-bond donors (Lipinski definition) is 1. The molecule has 3 nitrogen and oxygen atoms in total. The Kier molecular flexibility index (Phi) is 5.58. The first-order valence-electron chi connectivity index (χ1n) is 5.24. The number of benzene rings is 1. The number of phenolic OH excluding ortho intramolecular Hbond substituents is 1. The highest BCUT2D eigenvalue weighted by atomic mass is 32.2. The summed E-state index contributed by atoms with van der Waals surface area (Å²) in [6, 6.07) is 5.51. The average molecular weight is 237 g/mol. The largest absolute Gasteiger partial charge is 0.504 e. The fourth-order valence-electron chi connectivity index (χ4n) is 1.42. The van der Waals surface area contributed by atoms with E-state index in [1.807, 2.05) is 24.5 Å². The first-order valence-corrected chi connectivity index (χ1v) is 6.22. The molecule has 0 saturated carbocycles. The molecule has 0 spiro atoms. The van der Waals surface area contributed by atoms with Gasteiger partial charge in [-0.25, -0.2) is 0 Å². The van der Waals surface area contributed by atoms with E-state index in [1.165, 1.54) is 11.8 Å². The van der Waals surface area contributed by atoms with Crippen molar-refractivity contribution in [1.29, 1.82) is 5.26 Å². The number of thioether (sulfide) groups is 1. The highest BCUT2D eigenvalue weighted by molar-refractivity contribution is 8.03. The molecule has 0 amide bonds. The van der Waals surface area contributed by atoms with Gasteiger partial charge in [0.2, 0.25) is 0 Å². The molecule has 0 saturated heterocycles. The second kappa shape index (κ2) is 7.02. The minimum Gasteiger partial charge on any atom is -0.504 e. The smallest absolute Gasteiger partial charge is 0.161 e. The lowest BCUT2D eigenvalue weighted by Crippen LogP contribution is -1.95. The zero-order chi connectivity index (χ0) is 11.8. The SMILES string of the molecule is CCOc1cccc(CCCSC#N)c1O. The van der Waals surface area contributed by atoms with Gasteiger partial charge in [0.15, 0.2) is 11.5 Å². The fourth-order valence-corrected chi connectivity index (χ4v) is 1.80. The van der Waals surface area contributed by atoms with Crippen LogP contribution in [0.3, 0.4) is 0 Å². The van der Waals surface area contributed by atoms with Crippen LogP contribution in [0.5, 0.6) is 11.5 Å². The summed E-state index contributed by atoms with van der Waals surface area (Å²) in [6.07, 6.45) is 1.64. The maximum atomic E-state index is 9.88. The fraction of sp³-hybridized carbons (Fsp3) is 0.417. The predicted molar refractivity (Wildman–Crippen MR) is 65.7 cm³/mol. The molecule has 0 fully saturated rings. The van der Waals surface area contributed by atoms with Gasteiger partial charge in [-0.1, -0.05) is 12.1 Å². The van der Waals surface area contributed by atoms with Gasteiger partial charge in [0.05, 0.1) is 6.61 Å². The molecule has 16 heavy (non-hydrogen) atoms. The Hall–Kier alpha value is -1.34. The number of phenols is 1. The molecule has 0 heterocycles. The number of ether oxygens (including phenoxy) is 1. The monoisotopic (exact) mass is 237 g/mol. The number of thiocyanates is 1. The molecule has 1 rings (SSSR count). The topological polar surface area (TPSA) is 53.2 Å². The highest BCUT2D eigenvalue weighted by Crippen LogP contribution is 2.30. The molecule has 0 aliphatic carbocycles. The Morgan fingerprint density at radius 1 is 1.50 bits per heavy atom. The summed E-state index contributed by atoms with van der Waals surface area (Å²) in [5, 5.41) is 20.3. The van der Waals surface area contributed by atoms with Crippen molar-refractivity contribution in [2.45, 2.75) is 19.8 Å². The molecule has 0 bridgehead atoms. The van der Waals surface area contributed by atoms with Gasteiger partial charge in [-0.15, -0.1) is 0 Å². The van der Waals surface area contributed by atoms with Crippen LogP contribution in [0.1, 0.15) is 18.9 Å². The van der Waals surface area contributed by atoms with Crippen molar-refractivity contribution < 1.29 is 9.84 Å². The van der Waals surface area contributed by atoms with E-state index in [0.29, 0.717) is 12.4 Å². The Bertz CT molecular complexity index is 374. The molecule has 0 atom stereocenters. The van der Waals surface area contributed by atoms with Gasteiger partial charge in [-0.05, 0) is 43.2 Å².